The highest BCUT2D eigenvalue weighted by Gasteiger charge is 2.23. The summed E-state index contributed by atoms with van der Waals surface area (Å²) in [6.45, 7) is 4.62. The van der Waals surface area contributed by atoms with Crippen LogP contribution in [0.4, 0.5) is 0 Å². The van der Waals surface area contributed by atoms with E-state index >= 15 is 0 Å². The number of para-hydroxylation sites is 2. The second kappa shape index (κ2) is 22.4. The van der Waals surface area contributed by atoms with Crippen molar-refractivity contribution < 1.29 is 38.0 Å². The highest BCUT2D eigenvalue weighted by atomic mass is 35.5. The van der Waals surface area contributed by atoms with Gasteiger partial charge in [0, 0.05) is 39.4 Å². The first kappa shape index (κ1) is 41.2. The summed E-state index contributed by atoms with van der Waals surface area (Å²) in [6.07, 6.45) is 7.14. The lowest BCUT2D eigenvalue weighted by atomic mass is 10.0. The van der Waals surface area contributed by atoms with Crippen LogP contribution in [0.25, 0.3) is 21.5 Å². The lowest BCUT2D eigenvalue weighted by Gasteiger charge is -2.23. The maximum Gasteiger partial charge on any atom is 0.306 e. The topological polar surface area (TPSA) is 89.5 Å². The minimum atomic E-state index is -0.676. The highest BCUT2D eigenvalue weighted by Crippen LogP contribution is 2.44. The molecule has 0 fully saturated rings. The van der Waals surface area contributed by atoms with E-state index in [4.69, 9.17) is 40.0 Å². The van der Waals surface area contributed by atoms with Crippen LogP contribution < -0.4 is 18.9 Å². The molecule has 0 spiro atoms. The molecule has 5 aromatic carbocycles. The molecule has 5 rings (SSSR count). The fourth-order valence-electron chi connectivity index (χ4n) is 6.26. The third kappa shape index (κ3) is 13.1. The maximum absolute atomic E-state index is 12.9. The van der Waals surface area contributed by atoms with Crippen molar-refractivity contribution in [3.05, 3.63) is 108 Å². The monoisotopic (exact) mass is 768 g/mol. The molecule has 0 radical (unpaired) electrons. The molecule has 55 heavy (non-hydrogen) atoms. The van der Waals surface area contributed by atoms with Gasteiger partial charge in [-0.25, -0.2) is 0 Å². The van der Waals surface area contributed by atoms with Crippen molar-refractivity contribution in [2.24, 2.45) is 0 Å². The Balaban J connectivity index is 1.39. The average Bonchev–Trinajstić information content (AvgIpc) is 3.21. The number of benzene rings is 5. The normalized spacial score (nSPS) is 12.2. The number of carbonyl (C=O) groups excluding carboxylic acids is 2. The molecule has 0 aromatic heterocycles. The van der Waals surface area contributed by atoms with Crippen LogP contribution in [0.5, 0.6) is 23.0 Å². The van der Waals surface area contributed by atoms with Crippen LogP contribution in [-0.4, -0.2) is 50.6 Å². The maximum atomic E-state index is 12.9. The molecule has 8 nitrogen and oxygen atoms in total. The molecule has 0 heterocycles. The Morgan fingerprint density at radius 1 is 0.491 bits per heavy atom. The van der Waals surface area contributed by atoms with Crippen LogP contribution in [0.1, 0.15) is 78.1 Å². The van der Waals surface area contributed by atoms with Gasteiger partial charge in [-0.05, 0) is 55.3 Å². The van der Waals surface area contributed by atoms with Gasteiger partial charge in [-0.2, -0.15) is 0 Å². The number of unbranched alkanes of at least 4 members (excludes halogenated alkanes) is 6. The summed E-state index contributed by atoms with van der Waals surface area (Å²) in [5.41, 5.74) is 0. The van der Waals surface area contributed by atoms with Crippen LogP contribution in [-0.2, 0) is 19.1 Å². The Morgan fingerprint density at radius 3 is 1.38 bits per heavy atom. The van der Waals surface area contributed by atoms with Gasteiger partial charge in [0.15, 0.2) is 12.2 Å². The minimum absolute atomic E-state index is 0.0481. The summed E-state index contributed by atoms with van der Waals surface area (Å²) in [5, 5.41) is 3.58. The van der Waals surface area contributed by atoms with E-state index in [1.54, 1.807) is 6.07 Å². The molecule has 0 saturated heterocycles. The summed E-state index contributed by atoms with van der Waals surface area (Å²) >= 11 is 6.60. The standard InChI is InChI=1S/C46H53ClO8/c1-3-5-7-15-25-43(48)54-37(30-50-35-19-11-9-12-20-35)32-52-45-39-23-17-18-24-40(39)46(42-29-34(47)27-28-41(42)45)53-33-38(31-51-36-21-13-10-14-22-36)55-44(49)26-16-8-6-4-2/h9-14,17-24,27-29,37-38H,3-8,15-16,25-26,30-33H2,1-2H3. The van der Waals surface area contributed by atoms with Crippen LogP contribution in [0.15, 0.2) is 103 Å². The Labute approximate surface area is 330 Å². The van der Waals surface area contributed by atoms with E-state index in [1.165, 1.54) is 0 Å². The van der Waals surface area contributed by atoms with E-state index in [0.29, 0.717) is 40.9 Å². The number of carbonyl (C=O) groups is 2. The van der Waals surface area contributed by atoms with Crippen molar-refractivity contribution in [3.63, 3.8) is 0 Å². The van der Waals surface area contributed by atoms with E-state index in [0.717, 1.165) is 72.9 Å². The number of halogens is 1. The molecule has 0 amide bonds. The molecular weight excluding hydrogens is 716 g/mol. The van der Waals surface area contributed by atoms with Crippen LogP contribution in [0, 0.1) is 0 Å². The van der Waals surface area contributed by atoms with Crippen LogP contribution in [0.3, 0.4) is 0 Å². The number of fused-ring (bicyclic) bond motifs is 2. The Bertz CT molecular complexity index is 1920. The zero-order valence-corrected chi connectivity index (χ0v) is 32.8. The van der Waals surface area contributed by atoms with Gasteiger partial charge < -0.3 is 28.4 Å². The van der Waals surface area contributed by atoms with Gasteiger partial charge >= 0.3 is 11.9 Å². The molecule has 0 saturated carbocycles. The summed E-state index contributed by atoms with van der Waals surface area (Å²) in [7, 11) is 0. The van der Waals surface area contributed by atoms with E-state index in [2.05, 4.69) is 13.8 Å². The molecule has 2 unspecified atom stereocenters. The lowest BCUT2D eigenvalue weighted by Crippen LogP contribution is -2.31. The van der Waals surface area contributed by atoms with E-state index in [-0.39, 0.29) is 38.4 Å². The number of hydrogen-bond donors (Lipinski definition) is 0. The summed E-state index contributed by atoms with van der Waals surface area (Å²) in [5.74, 6) is 1.96. The molecule has 292 valence electrons. The van der Waals surface area contributed by atoms with Crippen molar-refractivity contribution in [1.29, 1.82) is 0 Å². The molecule has 5 aromatic rings. The molecule has 0 aliphatic rings. The predicted octanol–water partition coefficient (Wildman–Crippen LogP) is 11.3. The first-order valence-electron chi connectivity index (χ1n) is 19.6. The molecule has 2 atom stereocenters. The zero-order chi connectivity index (χ0) is 38.7. The van der Waals surface area contributed by atoms with E-state index in [9.17, 15) is 9.59 Å². The molecule has 0 aliphatic carbocycles. The van der Waals surface area contributed by atoms with Gasteiger partial charge in [-0.15, -0.1) is 0 Å². The smallest absolute Gasteiger partial charge is 0.306 e. The van der Waals surface area contributed by atoms with Gasteiger partial charge in [-0.3, -0.25) is 9.59 Å². The van der Waals surface area contributed by atoms with Gasteiger partial charge in [0.05, 0.1) is 0 Å². The first-order valence-corrected chi connectivity index (χ1v) is 20.0. The van der Waals surface area contributed by atoms with E-state index < -0.39 is 12.2 Å². The fourth-order valence-corrected chi connectivity index (χ4v) is 6.43. The summed E-state index contributed by atoms with van der Waals surface area (Å²) in [4.78, 5) is 25.9. The van der Waals surface area contributed by atoms with Crippen LogP contribution >= 0.6 is 11.6 Å². The fraction of sp³-hybridized carbons (Fsp3) is 0.391. The van der Waals surface area contributed by atoms with Crippen molar-refractivity contribution in [2.45, 2.75) is 90.3 Å². The molecule has 9 heteroatoms. The number of rotatable bonds is 24. The van der Waals surface area contributed by atoms with Crippen molar-refractivity contribution in [2.75, 3.05) is 26.4 Å². The minimum Gasteiger partial charge on any atom is -0.490 e. The van der Waals surface area contributed by atoms with E-state index in [1.807, 2.05) is 97.1 Å². The second-order valence-corrected chi connectivity index (χ2v) is 14.0. The SMILES string of the molecule is CCCCCCC(=O)OC(COc1ccccc1)COc1c2ccccc2c(OCC(COc2ccccc2)OC(=O)CCCCCC)c2cc(Cl)ccc12. The second-order valence-electron chi connectivity index (χ2n) is 13.6. The quantitative estimate of drug-likeness (QED) is 0.0348. The average molecular weight is 769 g/mol. The van der Waals surface area contributed by atoms with Crippen LogP contribution in [0.2, 0.25) is 5.02 Å². The van der Waals surface area contributed by atoms with Gasteiger partial charge in [-0.1, -0.05) is 125 Å². The summed E-state index contributed by atoms with van der Waals surface area (Å²) < 4.78 is 37.1. The Kier molecular flexibility index (Phi) is 16.8. The first-order chi connectivity index (χ1) is 26.9. The Morgan fingerprint density at radius 2 is 0.909 bits per heavy atom. The number of ether oxygens (including phenoxy) is 6. The van der Waals surface area contributed by atoms with Crippen molar-refractivity contribution >= 4 is 45.1 Å². The Hall–Kier alpha value is -4.95. The van der Waals surface area contributed by atoms with Gasteiger partial charge in [0.1, 0.15) is 49.4 Å². The molecule has 0 bridgehead atoms. The molecule has 0 N–H and O–H groups in total. The van der Waals surface area contributed by atoms with Gasteiger partial charge in [0.25, 0.3) is 0 Å². The highest BCUT2D eigenvalue weighted by molar-refractivity contribution is 6.31. The molecular formula is C46H53ClO8. The lowest BCUT2D eigenvalue weighted by molar-refractivity contribution is -0.153. The number of esters is 2. The zero-order valence-electron chi connectivity index (χ0n) is 32.0. The van der Waals surface area contributed by atoms with Crippen molar-refractivity contribution in [3.8, 4) is 23.0 Å². The third-order valence-electron chi connectivity index (χ3n) is 9.14. The summed E-state index contributed by atoms with van der Waals surface area (Å²) in [6, 6.07) is 32.2. The molecule has 0 aliphatic heterocycles. The van der Waals surface area contributed by atoms with Crippen molar-refractivity contribution in [1.82, 2.24) is 0 Å². The number of hydrogen-bond acceptors (Lipinski definition) is 8. The largest absolute Gasteiger partial charge is 0.490 e. The third-order valence-corrected chi connectivity index (χ3v) is 9.37. The predicted molar refractivity (Wildman–Crippen MR) is 219 cm³/mol. The van der Waals surface area contributed by atoms with Gasteiger partial charge in [0.2, 0.25) is 0 Å².